The van der Waals surface area contributed by atoms with Gasteiger partial charge in [-0.25, -0.2) is 9.59 Å². The summed E-state index contributed by atoms with van der Waals surface area (Å²) < 4.78 is 5.25. The van der Waals surface area contributed by atoms with Crippen LogP contribution >= 0.6 is 0 Å². The highest BCUT2D eigenvalue weighted by atomic mass is 16.6. The van der Waals surface area contributed by atoms with Crippen LogP contribution in [-0.2, 0) is 20.9 Å². The molecule has 0 radical (unpaired) electrons. The first-order chi connectivity index (χ1) is 15.3. The van der Waals surface area contributed by atoms with Crippen molar-refractivity contribution in [2.24, 2.45) is 11.5 Å². The van der Waals surface area contributed by atoms with Crippen LogP contribution in [0.25, 0.3) is 0 Å². The van der Waals surface area contributed by atoms with Crippen LogP contribution in [0.2, 0.25) is 0 Å². The first-order valence-corrected chi connectivity index (χ1v) is 10.2. The van der Waals surface area contributed by atoms with Crippen molar-refractivity contribution in [1.29, 1.82) is 0 Å². The van der Waals surface area contributed by atoms with E-state index in [1.807, 2.05) is 0 Å². The maximum atomic E-state index is 12.6. The Kier molecular flexibility index (Phi) is 12.2. The Morgan fingerprint density at radius 2 is 1.81 bits per heavy atom. The van der Waals surface area contributed by atoms with Gasteiger partial charge in [-0.05, 0) is 37.6 Å². The number of nitrogens with one attached hydrogen (secondary N) is 4. The molecule has 1 unspecified atom stereocenters. The maximum Gasteiger partial charge on any atom is 0.409 e. The summed E-state index contributed by atoms with van der Waals surface area (Å²) in [6.07, 6.45) is 0.285. The Morgan fingerprint density at radius 1 is 1.12 bits per heavy atom. The lowest BCUT2D eigenvalue weighted by Gasteiger charge is -2.18. The second-order valence-corrected chi connectivity index (χ2v) is 7.02. The summed E-state index contributed by atoms with van der Waals surface area (Å²) in [6.45, 7) is 1.31. The van der Waals surface area contributed by atoms with Gasteiger partial charge in [-0.1, -0.05) is 12.1 Å². The molecule has 5 amide bonds. The summed E-state index contributed by atoms with van der Waals surface area (Å²) in [5.74, 6) is -0.888. The van der Waals surface area contributed by atoms with Crippen molar-refractivity contribution in [2.75, 3.05) is 45.6 Å². The first kappa shape index (κ1) is 26.7. The molecule has 1 rings (SSSR count). The number of urea groups is 1. The van der Waals surface area contributed by atoms with E-state index in [1.54, 1.807) is 38.4 Å². The van der Waals surface area contributed by atoms with E-state index >= 15 is 0 Å². The van der Waals surface area contributed by atoms with Crippen LogP contribution in [0.1, 0.15) is 18.4 Å². The lowest BCUT2D eigenvalue weighted by Crippen LogP contribution is -2.46. The van der Waals surface area contributed by atoms with Crippen molar-refractivity contribution in [2.45, 2.75) is 25.5 Å². The second-order valence-electron chi connectivity index (χ2n) is 7.02. The second kappa shape index (κ2) is 14.6. The Hall–Kier alpha value is -3.38. The number of carbonyl (C=O) groups excluding carboxylic acids is 4. The molecule has 1 aromatic carbocycles. The standard InChI is InChI=1S/C20H33N7O5/c1-23-10-11-27(2)20(31)32-13-14-5-7-15(8-6-14)25-18(29)16(26-17(28)12-21)4-3-9-24-19(22)30/h5-8,16,23H,3-4,9-13,21H2,1-2H3,(H,25,29)(H,26,28)(H3,22,24,30). The molecule has 0 bridgehead atoms. The summed E-state index contributed by atoms with van der Waals surface area (Å²) in [4.78, 5) is 48.4. The molecule has 1 aromatic rings. The van der Waals surface area contributed by atoms with Gasteiger partial charge in [-0.3, -0.25) is 9.59 Å². The van der Waals surface area contributed by atoms with E-state index in [9.17, 15) is 19.2 Å². The van der Waals surface area contributed by atoms with E-state index in [0.29, 0.717) is 25.2 Å². The number of primary amides is 1. The number of carbonyl (C=O) groups is 4. The Balaban J connectivity index is 2.59. The van der Waals surface area contributed by atoms with Gasteiger partial charge in [0.25, 0.3) is 0 Å². The van der Waals surface area contributed by atoms with Crippen molar-refractivity contribution < 1.29 is 23.9 Å². The van der Waals surface area contributed by atoms with Crippen LogP contribution in [0.3, 0.4) is 0 Å². The summed E-state index contributed by atoms with van der Waals surface area (Å²) >= 11 is 0. The molecule has 0 spiro atoms. The SMILES string of the molecule is CNCCN(C)C(=O)OCc1ccc(NC(=O)C(CCCNC(N)=O)NC(=O)CN)cc1. The van der Waals surface area contributed by atoms with Crippen LogP contribution in [-0.4, -0.2) is 75.2 Å². The third-order valence-electron chi connectivity index (χ3n) is 4.40. The number of hydrogen-bond donors (Lipinski definition) is 6. The van der Waals surface area contributed by atoms with Crippen LogP contribution < -0.4 is 32.7 Å². The Bertz CT molecular complexity index is 757. The predicted molar refractivity (Wildman–Crippen MR) is 120 cm³/mol. The van der Waals surface area contributed by atoms with Crippen molar-refractivity contribution >= 4 is 29.6 Å². The number of ether oxygens (including phenoxy) is 1. The van der Waals surface area contributed by atoms with E-state index in [2.05, 4.69) is 21.3 Å². The first-order valence-electron chi connectivity index (χ1n) is 10.2. The number of anilines is 1. The summed E-state index contributed by atoms with van der Waals surface area (Å²) in [5, 5.41) is 10.7. The molecular weight excluding hydrogens is 418 g/mol. The molecular formula is C20H33N7O5. The summed E-state index contributed by atoms with van der Waals surface area (Å²) in [5.41, 5.74) is 11.6. The van der Waals surface area contributed by atoms with Gasteiger partial charge in [0.2, 0.25) is 11.8 Å². The highest BCUT2D eigenvalue weighted by molar-refractivity contribution is 5.97. The average molecular weight is 452 g/mol. The molecule has 0 heterocycles. The number of nitrogens with two attached hydrogens (primary N) is 2. The minimum atomic E-state index is -0.825. The van der Waals surface area contributed by atoms with Gasteiger partial charge in [-0.2, -0.15) is 0 Å². The molecule has 32 heavy (non-hydrogen) atoms. The normalized spacial score (nSPS) is 11.2. The number of rotatable bonds is 13. The zero-order valence-corrected chi connectivity index (χ0v) is 18.5. The fraction of sp³-hybridized carbons (Fsp3) is 0.500. The van der Waals surface area contributed by atoms with Gasteiger partial charge in [0.05, 0.1) is 6.54 Å². The largest absolute Gasteiger partial charge is 0.445 e. The van der Waals surface area contributed by atoms with Gasteiger partial charge >= 0.3 is 12.1 Å². The number of amides is 5. The van der Waals surface area contributed by atoms with Gasteiger partial charge in [0.1, 0.15) is 12.6 Å². The van der Waals surface area contributed by atoms with Crippen molar-refractivity contribution in [3.8, 4) is 0 Å². The monoisotopic (exact) mass is 451 g/mol. The van der Waals surface area contributed by atoms with Crippen molar-refractivity contribution in [3.05, 3.63) is 29.8 Å². The number of benzene rings is 1. The van der Waals surface area contributed by atoms with Crippen LogP contribution in [0.15, 0.2) is 24.3 Å². The molecule has 0 aliphatic carbocycles. The lowest BCUT2D eigenvalue weighted by molar-refractivity contribution is -0.125. The maximum absolute atomic E-state index is 12.6. The Morgan fingerprint density at radius 3 is 2.41 bits per heavy atom. The minimum Gasteiger partial charge on any atom is -0.445 e. The van der Waals surface area contributed by atoms with E-state index in [0.717, 1.165) is 5.56 Å². The molecule has 0 aliphatic heterocycles. The minimum absolute atomic E-state index is 0.0962. The van der Waals surface area contributed by atoms with E-state index in [1.165, 1.54) is 4.90 Å². The summed E-state index contributed by atoms with van der Waals surface area (Å²) in [7, 11) is 3.46. The molecule has 0 saturated heterocycles. The fourth-order valence-electron chi connectivity index (χ4n) is 2.58. The highest BCUT2D eigenvalue weighted by Gasteiger charge is 2.20. The van der Waals surface area contributed by atoms with Crippen molar-refractivity contribution in [3.63, 3.8) is 0 Å². The molecule has 0 aromatic heterocycles. The molecule has 178 valence electrons. The van der Waals surface area contributed by atoms with E-state index in [4.69, 9.17) is 16.2 Å². The lowest BCUT2D eigenvalue weighted by atomic mass is 10.1. The van der Waals surface area contributed by atoms with E-state index < -0.39 is 30.0 Å². The van der Waals surface area contributed by atoms with Crippen LogP contribution in [0, 0.1) is 0 Å². The van der Waals surface area contributed by atoms with Gasteiger partial charge in [0.15, 0.2) is 0 Å². The number of likely N-dealkylation sites (N-methyl/N-ethyl adjacent to an activating group) is 2. The quantitative estimate of drug-likeness (QED) is 0.214. The number of hydrogen-bond acceptors (Lipinski definition) is 7. The zero-order valence-electron chi connectivity index (χ0n) is 18.5. The topological polar surface area (TPSA) is 181 Å². The van der Waals surface area contributed by atoms with Crippen LogP contribution in [0.5, 0.6) is 0 Å². The molecule has 12 nitrogen and oxygen atoms in total. The van der Waals surface area contributed by atoms with E-state index in [-0.39, 0.29) is 26.1 Å². The highest BCUT2D eigenvalue weighted by Crippen LogP contribution is 2.12. The molecule has 0 aliphatic rings. The third kappa shape index (κ3) is 10.6. The third-order valence-corrected chi connectivity index (χ3v) is 4.40. The molecule has 0 fully saturated rings. The molecule has 12 heteroatoms. The smallest absolute Gasteiger partial charge is 0.409 e. The van der Waals surface area contributed by atoms with Gasteiger partial charge < -0.3 is 42.4 Å². The fourth-order valence-corrected chi connectivity index (χ4v) is 2.58. The number of nitrogens with zero attached hydrogens (tertiary/aromatic N) is 1. The summed E-state index contributed by atoms with van der Waals surface area (Å²) in [6, 6.07) is 5.30. The van der Waals surface area contributed by atoms with Crippen LogP contribution in [0.4, 0.5) is 15.3 Å². The molecule has 8 N–H and O–H groups in total. The zero-order chi connectivity index (χ0) is 23.9. The van der Waals surface area contributed by atoms with Crippen molar-refractivity contribution in [1.82, 2.24) is 20.9 Å². The predicted octanol–water partition coefficient (Wildman–Crippen LogP) is -0.695. The molecule has 0 saturated carbocycles. The van der Waals surface area contributed by atoms with Gasteiger partial charge in [0, 0.05) is 32.4 Å². The Labute approximate surface area is 187 Å². The average Bonchev–Trinajstić information content (AvgIpc) is 2.78. The molecule has 1 atom stereocenters. The van der Waals surface area contributed by atoms with Gasteiger partial charge in [-0.15, -0.1) is 0 Å².